The SMILES string of the molecule is O=C(c1ccc2c(c1)CCO2)N1C[C@H](O)[C@@]2(C1)[C@H](CO)[C@H]2c1ccccc1. The fourth-order valence-corrected chi connectivity index (χ4v) is 5.22. The Kier molecular flexibility index (Phi) is 3.78. The first-order valence-electron chi connectivity index (χ1n) is 9.54. The number of nitrogens with zero attached hydrogens (tertiary/aromatic N) is 1. The molecule has 5 heteroatoms. The predicted octanol–water partition coefficient (Wildman–Crippen LogP) is 1.83. The molecule has 1 aliphatic carbocycles. The number of fused-ring (bicyclic) bond motifs is 1. The highest BCUT2D eigenvalue weighted by Crippen LogP contribution is 2.68. The normalized spacial score (nSPS) is 31.0. The largest absolute Gasteiger partial charge is 0.493 e. The molecular formula is C22H23NO4. The van der Waals surface area contributed by atoms with E-state index in [2.05, 4.69) is 0 Å². The van der Waals surface area contributed by atoms with Crippen molar-refractivity contribution in [1.82, 2.24) is 4.90 Å². The Hall–Kier alpha value is -2.37. The number of benzene rings is 2. The number of carbonyl (C=O) groups is 1. The van der Waals surface area contributed by atoms with Crippen molar-refractivity contribution in [2.45, 2.75) is 18.4 Å². The maximum Gasteiger partial charge on any atom is 0.253 e. The van der Waals surface area contributed by atoms with Gasteiger partial charge in [0.15, 0.2) is 0 Å². The number of rotatable bonds is 3. The quantitative estimate of drug-likeness (QED) is 0.871. The van der Waals surface area contributed by atoms with Gasteiger partial charge in [-0.15, -0.1) is 0 Å². The summed E-state index contributed by atoms with van der Waals surface area (Å²) in [7, 11) is 0. The van der Waals surface area contributed by atoms with Crippen molar-refractivity contribution in [1.29, 1.82) is 0 Å². The first-order chi connectivity index (χ1) is 13.1. The standard InChI is InChI=1S/C22H23NO4/c24-12-17-20(14-4-2-1-3-5-14)22(17)13-23(11-19(22)25)21(26)16-6-7-18-15(10-16)8-9-27-18/h1-7,10,17,19-20,24-25H,8-9,11-13H2/t17-,19+,20-,22-/m1/s1. The maximum absolute atomic E-state index is 13.1. The Labute approximate surface area is 158 Å². The van der Waals surface area contributed by atoms with E-state index in [1.165, 1.54) is 0 Å². The highest BCUT2D eigenvalue weighted by molar-refractivity contribution is 5.95. The summed E-state index contributed by atoms with van der Waals surface area (Å²) in [6.45, 7) is 1.47. The first-order valence-corrected chi connectivity index (χ1v) is 9.54. The lowest BCUT2D eigenvalue weighted by molar-refractivity contribution is 0.0764. The Morgan fingerprint density at radius 2 is 2.04 bits per heavy atom. The van der Waals surface area contributed by atoms with Crippen LogP contribution in [0.25, 0.3) is 0 Å². The van der Waals surface area contributed by atoms with Crippen LogP contribution >= 0.6 is 0 Å². The molecule has 0 radical (unpaired) electrons. The van der Waals surface area contributed by atoms with Crippen LogP contribution in [0.1, 0.15) is 27.4 Å². The molecule has 0 aromatic heterocycles. The van der Waals surface area contributed by atoms with E-state index in [0.717, 1.165) is 23.3 Å². The summed E-state index contributed by atoms with van der Waals surface area (Å²) in [5.74, 6) is 0.873. The number of ether oxygens (including phenoxy) is 1. The van der Waals surface area contributed by atoms with Crippen LogP contribution in [-0.4, -0.2) is 53.4 Å². The van der Waals surface area contributed by atoms with E-state index >= 15 is 0 Å². The second-order valence-corrected chi connectivity index (χ2v) is 7.91. The number of aliphatic hydroxyl groups is 2. The van der Waals surface area contributed by atoms with Crippen molar-refractivity contribution in [2.75, 3.05) is 26.3 Å². The molecule has 4 atom stereocenters. The third-order valence-electron chi connectivity index (χ3n) is 6.62. The lowest BCUT2D eigenvalue weighted by Gasteiger charge is -2.17. The van der Waals surface area contributed by atoms with Gasteiger partial charge in [-0.2, -0.15) is 0 Å². The average Bonchev–Trinajstić information content (AvgIpc) is 2.96. The summed E-state index contributed by atoms with van der Waals surface area (Å²) in [5, 5.41) is 20.7. The molecule has 1 saturated heterocycles. The molecule has 2 aromatic carbocycles. The number of carbonyl (C=O) groups excluding carboxylic acids is 1. The van der Waals surface area contributed by atoms with E-state index < -0.39 is 11.5 Å². The van der Waals surface area contributed by atoms with Crippen molar-refractivity contribution in [3.8, 4) is 5.75 Å². The summed E-state index contributed by atoms with van der Waals surface area (Å²) >= 11 is 0. The molecular weight excluding hydrogens is 342 g/mol. The summed E-state index contributed by atoms with van der Waals surface area (Å²) in [6, 6.07) is 15.6. The zero-order valence-corrected chi connectivity index (χ0v) is 15.0. The highest BCUT2D eigenvalue weighted by atomic mass is 16.5. The molecule has 0 bridgehead atoms. The Morgan fingerprint density at radius 1 is 1.22 bits per heavy atom. The molecule has 2 aromatic rings. The van der Waals surface area contributed by atoms with Gasteiger partial charge >= 0.3 is 0 Å². The minimum Gasteiger partial charge on any atom is -0.493 e. The fraction of sp³-hybridized carbons (Fsp3) is 0.409. The zero-order chi connectivity index (χ0) is 18.6. The lowest BCUT2D eigenvalue weighted by atomic mass is 9.95. The van der Waals surface area contributed by atoms with Crippen LogP contribution in [0, 0.1) is 11.3 Å². The second-order valence-electron chi connectivity index (χ2n) is 7.91. The minimum atomic E-state index is -0.624. The molecule has 5 rings (SSSR count). The van der Waals surface area contributed by atoms with E-state index in [1.54, 1.807) is 11.0 Å². The molecule has 2 heterocycles. The third-order valence-corrected chi connectivity index (χ3v) is 6.62. The van der Waals surface area contributed by atoms with E-state index in [4.69, 9.17) is 4.74 Å². The number of aliphatic hydroxyl groups excluding tert-OH is 2. The topological polar surface area (TPSA) is 70.0 Å². The van der Waals surface area contributed by atoms with Gasteiger partial charge in [0.05, 0.1) is 12.7 Å². The van der Waals surface area contributed by atoms with Crippen LogP contribution < -0.4 is 4.74 Å². The van der Waals surface area contributed by atoms with Gasteiger partial charge in [-0.05, 0) is 41.2 Å². The first kappa shape index (κ1) is 16.8. The molecule has 5 nitrogen and oxygen atoms in total. The molecule has 27 heavy (non-hydrogen) atoms. The van der Waals surface area contributed by atoms with Crippen molar-refractivity contribution < 1.29 is 19.7 Å². The van der Waals surface area contributed by atoms with Crippen molar-refractivity contribution >= 4 is 5.91 Å². The molecule has 1 saturated carbocycles. The fourth-order valence-electron chi connectivity index (χ4n) is 5.22. The van der Waals surface area contributed by atoms with Crippen LogP contribution in [0.4, 0.5) is 0 Å². The van der Waals surface area contributed by atoms with Crippen molar-refractivity contribution in [3.63, 3.8) is 0 Å². The zero-order valence-electron chi connectivity index (χ0n) is 15.0. The maximum atomic E-state index is 13.1. The monoisotopic (exact) mass is 365 g/mol. The predicted molar refractivity (Wildman–Crippen MR) is 99.7 cm³/mol. The van der Waals surface area contributed by atoms with Crippen molar-refractivity contribution in [2.24, 2.45) is 11.3 Å². The Bertz CT molecular complexity index is 883. The molecule has 1 spiro atoms. The molecule has 2 fully saturated rings. The van der Waals surface area contributed by atoms with Crippen molar-refractivity contribution in [3.05, 3.63) is 65.2 Å². The van der Waals surface area contributed by atoms with Gasteiger partial charge < -0.3 is 19.8 Å². The van der Waals surface area contributed by atoms with Gasteiger partial charge in [0.2, 0.25) is 0 Å². The van der Waals surface area contributed by atoms with Gasteiger partial charge in [0.1, 0.15) is 5.75 Å². The number of hydrogen-bond donors (Lipinski definition) is 2. The van der Waals surface area contributed by atoms with Crippen LogP contribution in [0.15, 0.2) is 48.5 Å². The number of likely N-dealkylation sites (tertiary alicyclic amines) is 1. The molecule has 1 amide bonds. The van der Waals surface area contributed by atoms with Crippen LogP contribution in [-0.2, 0) is 6.42 Å². The smallest absolute Gasteiger partial charge is 0.253 e. The summed E-state index contributed by atoms with van der Waals surface area (Å²) in [5.41, 5.74) is 2.39. The summed E-state index contributed by atoms with van der Waals surface area (Å²) in [6.07, 6.45) is 0.202. The van der Waals surface area contributed by atoms with Gasteiger partial charge in [-0.1, -0.05) is 30.3 Å². The van der Waals surface area contributed by atoms with Crippen LogP contribution in [0.5, 0.6) is 5.75 Å². The number of β-amino-alcohol motifs (C(OH)–C–C–N with tert-alkyl or cyclic N) is 1. The third kappa shape index (κ3) is 2.42. The van der Waals surface area contributed by atoms with E-state index in [9.17, 15) is 15.0 Å². The number of hydrogen-bond acceptors (Lipinski definition) is 4. The summed E-state index contributed by atoms with van der Waals surface area (Å²) < 4.78 is 5.52. The van der Waals surface area contributed by atoms with E-state index in [1.807, 2.05) is 42.5 Å². The molecule has 3 aliphatic rings. The second kappa shape index (κ2) is 6.08. The van der Waals surface area contributed by atoms with Gasteiger partial charge in [-0.25, -0.2) is 0 Å². The van der Waals surface area contributed by atoms with Gasteiger partial charge in [0, 0.05) is 37.1 Å². The van der Waals surface area contributed by atoms with E-state index in [0.29, 0.717) is 25.3 Å². The van der Waals surface area contributed by atoms with Gasteiger partial charge in [0.25, 0.3) is 5.91 Å². The Balaban J connectivity index is 1.40. The molecule has 0 unspecified atom stereocenters. The Morgan fingerprint density at radius 3 is 2.81 bits per heavy atom. The average molecular weight is 365 g/mol. The highest BCUT2D eigenvalue weighted by Gasteiger charge is 2.71. The minimum absolute atomic E-state index is 0.0129. The molecule has 140 valence electrons. The molecule has 2 N–H and O–H groups in total. The lowest BCUT2D eigenvalue weighted by Crippen LogP contribution is -2.29. The number of amides is 1. The molecule has 2 aliphatic heterocycles. The van der Waals surface area contributed by atoms with Gasteiger partial charge in [-0.3, -0.25) is 4.79 Å². The van der Waals surface area contributed by atoms with Crippen LogP contribution in [0.2, 0.25) is 0 Å². The summed E-state index contributed by atoms with van der Waals surface area (Å²) in [4.78, 5) is 14.8. The van der Waals surface area contributed by atoms with Crippen LogP contribution in [0.3, 0.4) is 0 Å². The van der Waals surface area contributed by atoms with E-state index in [-0.39, 0.29) is 24.3 Å².